The molecule has 0 aliphatic heterocycles. The molecule has 0 amide bonds. The smallest absolute Gasteiger partial charge is 0.230 e. The highest BCUT2D eigenvalue weighted by molar-refractivity contribution is 5.85. The molecule has 2 aromatic heterocycles. The van der Waals surface area contributed by atoms with Gasteiger partial charge in [-0.25, -0.2) is 8.78 Å². The van der Waals surface area contributed by atoms with Crippen LogP contribution in [0, 0.1) is 11.6 Å². The standard InChI is InChI=1S/C14H9F2N3O/c15-9-3-1-2-8(6-9)12-13(19-20-14(12)17)11-5-4-10(16)7-18-11/h1-7H,17H2. The number of halogens is 2. The highest BCUT2D eigenvalue weighted by atomic mass is 19.1. The topological polar surface area (TPSA) is 64.9 Å². The normalized spacial score (nSPS) is 10.7. The molecular weight excluding hydrogens is 264 g/mol. The van der Waals surface area contributed by atoms with Gasteiger partial charge in [-0.05, 0) is 29.8 Å². The van der Waals surface area contributed by atoms with Crippen molar-refractivity contribution in [2.45, 2.75) is 0 Å². The van der Waals surface area contributed by atoms with E-state index in [1.807, 2.05) is 0 Å². The van der Waals surface area contributed by atoms with Gasteiger partial charge < -0.3 is 10.3 Å². The van der Waals surface area contributed by atoms with E-state index in [2.05, 4.69) is 10.1 Å². The lowest BCUT2D eigenvalue weighted by molar-refractivity contribution is 0.439. The summed E-state index contributed by atoms with van der Waals surface area (Å²) in [6.45, 7) is 0. The lowest BCUT2D eigenvalue weighted by Gasteiger charge is -2.02. The van der Waals surface area contributed by atoms with Crippen LogP contribution in [0.5, 0.6) is 0 Å². The summed E-state index contributed by atoms with van der Waals surface area (Å²) < 4.78 is 31.2. The number of anilines is 1. The van der Waals surface area contributed by atoms with E-state index in [0.29, 0.717) is 22.5 Å². The Morgan fingerprint density at radius 2 is 1.90 bits per heavy atom. The van der Waals surface area contributed by atoms with E-state index < -0.39 is 11.6 Å². The van der Waals surface area contributed by atoms with Gasteiger partial charge in [0.25, 0.3) is 0 Å². The van der Waals surface area contributed by atoms with Crippen LogP contribution in [-0.4, -0.2) is 10.1 Å². The molecule has 0 aliphatic carbocycles. The number of nitrogen functional groups attached to an aromatic ring is 1. The fourth-order valence-electron chi connectivity index (χ4n) is 1.92. The van der Waals surface area contributed by atoms with E-state index in [9.17, 15) is 8.78 Å². The minimum Gasteiger partial charge on any atom is -0.367 e. The molecule has 4 nitrogen and oxygen atoms in total. The third-order valence-electron chi connectivity index (χ3n) is 2.80. The Hall–Kier alpha value is -2.76. The molecule has 20 heavy (non-hydrogen) atoms. The van der Waals surface area contributed by atoms with E-state index >= 15 is 0 Å². The van der Waals surface area contributed by atoms with Gasteiger partial charge in [0.2, 0.25) is 5.88 Å². The second-order valence-electron chi connectivity index (χ2n) is 4.14. The van der Waals surface area contributed by atoms with Crippen LogP contribution in [0.2, 0.25) is 0 Å². The van der Waals surface area contributed by atoms with E-state index in [1.165, 1.54) is 24.3 Å². The molecule has 0 saturated carbocycles. The zero-order valence-electron chi connectivity index (χ0n) is 10.2. The number of hydrogen-bond acceptors (Lipinski definition) is 4. The Morgan fingerprint density at radius 3 is 2.60 bits per heavy atom. The third-order valence-corrected chi connectivity index (χ3v) is 2.80. The van der Waals surface area contributed by atoms with Crippen LogP contribution in [0.15, 0.2) is 47.1 Å². The number of rotatable bonds is 2. The van der Waals surface area contributed by atoms with Gasteiger partial charge in [0, 0.05) is 0 Å². The van der Waals surface area contributed by atoms with Crippen LogP contribution in [0.3, 0.4) is 0 Å². The van der Waals surface area contributed by atoms with Crippen LogP contribution in [0.4, 0.5) is 14.7 Å². The average Bonchev–Trinajstić information content (AvgIpc) is 2.81. The fourth-order valence-corrected chi connectivity index (χ4v) is 1.92. The summed E-state index contributed by atoms with van der Waals surface area (Å²) in [5, 5.41) is 3.81. The van der Waals surface area contributed by atoms with Crippen LogP contribution in [0.1, 0.15) is 0 Å². The van der Waals surface area contributed by atoms with Crippen molar-refractivity contribution in [1.29, 1.82) is 0 Å². The van der Waals surface area contributed by atoms with Gasteiger partial charge in [-0.3, -0.25) is 4.98 Å². The largest absolute Gasteiger partial charge is 0.367 e. The average molecular weight is 273 g/mol. The predicted molar refractivity (Wildman–Crippen MR) is 69.5 cm³/mol. The van der Waals surface area contributed by atoms with Crippen molar-refractivity contribution in [1.82, 2.24) is 10.1 Å². The van der Waals surface area contributed by atoms with Crippen LogP contribution in [0.25, 0.3) is 22.5 Å². The molecule has 0 fully saturated rings. The number of pyridine rings is 1. The molecule has 0 spiro atoms. The lowest BCUT2D eigenvalue weighted by atomic mass is 10.0. The molecule has 0 unspecified atom stereocenters. The quantitative estimate of drug-likeness (QED) is 0.778. The Morgan fingerprint density at radius 1 is 1.05 bits per heavy atom. The van der Waals surface area contributed by atoms with Gasteiger partial charge in [0.15, 0.2) is 0 Å². The SMILES string of the molecule is Nc1onc(-c2ccc(F)cn2)c1-c1cccc(F)c1. The first-order chi connectivity index (χ1) is 9.65. The fraction of sp³-hybridized carbons (Fsp3) is 0. The zero-order valence-corrected chi connectivity index (χ0v) is 10.2. The van der Waals surface area contributed by atoms with Crippen LogP contribution in [-0.2, 0) is 0 Å². The van der Waals surface area contributed by atoms with Crippen LogP contribution < -0.4 is 5.73 Å². The maximum Gasteiger partial charge on any atom is 0.230 e. The molecule has 6 heteroatoms. The van der Waals surface area contributed by atoms with Crippen molar-refractivity contribution in [2.24, 2.45) is 0 Å². The maximum absolute atomic E-state index is 13.3. The number of aromatic nitrogens is 2. The summed E-state index contributed by atoms with van der Waals surface area (Å²) >= 11 is 0. The Balaban J connectivity index is 2.17. The summed E-state index contributed by atoms with van der Waals surface area (Å²) in [7, 11) is 0. The summed E-state index contributed by atoms with van der Waals surface area (Å²) in [5.74, 6) is -0.810. The summed E-state index contributed by atoms with van der Waals surface area (Å²) in [4.78, 5) is 3.92. The molecule has 1 aromatic carbocycles. The molecular formula is C14H9F2N3O. The molecule has 0 atom stereocenters. The van der Waals surface area contributed by atoms with E-state index in [-0.39, 0.29) is 5.88 Å². The minimum atomic E-state index is -0.461. The van der Waals surface area contributed by atoms with Gasteiger partial charge in [-0.1, -0.05) is 17.3 Å². The third kappa shape index (κ3) is 2.11. The highest BCUT2D eigenvalue weighted by Crippen LogP contribution is 2.35. The Bertz CT molecular complexity index is 753. The molecule has 0 saturated heterocycles. The maximum atomic E-state index is 13.3. The molecule has 2 N–H and O–H groups in total. The van der Waals surface area contributed by atoms with Gasteiger partial charge in [-0.2, -0.15) is 0 Å². The predicted octanol–water partition coefficient (Wildman–Crippen LogP) is 3.26. The zero-order chi connectivity index (χ0) is 14.1. The summed E-state index contributed by atoms with van der Waals surface area (Å²) in [6, 6.07) is 8.58. The molecule has 100 valence electrons. The van der Waals surface area contributed by atoms with E-state index in [4.69, 9.17) is 10.3 Å². The second-order valence-corrected chi connectivity index (χ2v) is 4.14. The van der Waals surface area contributed by atoms with Crippen molar-refractivity contribution >= 4 is 5.88 Å². The number of hydrogen-bond donors (Lipinski definition) is 1. The van der Waals surface area contributed by atoms with Crippen molar-refractivity contribution in [3.8, 4) is 22.5 Å². The highest BCUT2D eigenvalue weighted by Gasteiger charge is 2.18. The molecule has 0 radical (unpaired) electrons. The second kappa shape index (κ2) is 4.73. The van der Waals surface area contributed by atoms with Crippen molar-refractivity contribution in [3.63, 3.8) is 0 Å². The molecule has 3 aromatic rings. The summed E-state index contributed by atoms with van der Waals surface area (Å²) in [6.07, 6.45) is 1.07. The Kier molecular flexibility index (Phi) is 2.90. The van der Waals surface area contributed by atoms with Crippen molar-refractivity contribution in [3.05, 3.63) is 54.2 Å². The first-order valence-corrected chi connectivity index (χ1v) is 5.78. The first kappa shape index (κ1) is 12.3. The lowest BCUT2D eigenvalue weighted by Crippen LogP contribution is -1.90. The minimum absolute atomic E-state index is 0.0525. The van der Waals surface area contributed by atoms with E-state index in [1.54, 1.807) is 12.1 Å². The Labute approximate surface area is 112 Å². The van der Waals surface area contributed by atoms with Gasteiger partial charge in [0.1, 0.15) is 17.3 Å². The monoisotopic (exact) mass is 273 g/mol. The van der Waals surface area contributed by atoms with Gasteiger partial charge in [0.05, 0.1) is 17.5 Å². The van der Waals surface area contributed by atoms with E-state index in [0.717, 1.165) is 6.20 Å². The number of nitrogens with zero attached hydrogens (tertiary/aromatic N) is 2. The van der Waals surface area contributed by atoms with Crippen molar-refractivity contribution in [2.75, 3.05) is 5.73 Å². The first-order valence-electron chi connectivity index (χ1n) is 5.78. The number of benzene rings is 1. The molecule has 0 bridgehead atoms. The molecule has 2 heterocycles. The van der Waals surface area contributed by atoms with Gasteiger partial charge in [-0.15, -0.1) is 0 Å². The van der Waals surface area contributed by atoms with Gasteiger partial charge >= 0.3 is 0 Å². The summed E-state index contributed by atoms with van der Waals surface area (Å²) in [5.41, 5.74) is 7.42. The van der Waals surface area contributed by atoms with Crippen LogP contribution >= 0.6 is 0 Å². The number of nitrogens with two attached hydrogens (primary N) is 1. The molecule has 3 rings (SSSR count). The molecule has 0 aliphatic rings. The van der Waals surface area contributed by atoms with Crippen molar-refractivity contribution < 1.29 is 13.3 Å².